The van der Waals surface area contributed by atoms with Crippen molar-refractivity contribution < 1.29 is 9.63 Å². The molecule has 1 aliphatic heterocycles. The van der Waals surface area contributed by atoms with Crippen LogP contribution in [0.5, 0.6) is 0 Å². The fourth-order valence-electron chi connectivity index (χ4n) is 3.05. The van der Waals surface area contributed by atoms with Crippen molar-refractivity contribution in [1.82, 2.24) is 10.1 Å². The lowest BCUT2D eigenvalue weighted by molar-refractivity contribution is -0.00500. The molecule has 1 aliphatic rings. The first-order valence-corrected chi connectivity index (χ1v) is 8.30. The molecule has 1 atom stereocenters. The van der Waals surface area contributed by atoms with Gasteiger partial charge in [0.1, 0.15) is 0 Å². The van der Waals surface area contributed by atoms with Crippen LogP contribution in [0.15, 0.2) is 22.9 Å². The van der Waals surface area contributed by atoms with Crippen molar-refractivity contribution in [2.24, 2.45) is 0 Å². The van der Waals surface area contributed by atoms with Crippen LogP contribution in [0.4, 0.5) is 0 Å². The molecule has 0 spiro atoms. The Morgan fingerprint density at radius 2 is 2.33 bits per heavy atom. The van der Waals surface area contributed by atoms with E-state index in [0.29, 0.717) is 0 Å². The van der Waals surface area contributed by atoms with Gasteiger partial charge in [-0.25, -0.2) is 0 Å². The van der Waals surface area contributed by atoms with Gasteiger partial charge in [0, 0.05) is 18.2 Å². The molecule has 2 aromatic heterocycles. The topological polar surface area (TPSA) is 49.5 Å². The number of halogens is 1. The summed E-state index contributed by atoms with van der Waals surface area (Å²) in [6.45, 7) is 5.49. The van der Waals surface area contributed by atoms with Gasteiger partial charge < -0.3 is 9.63 Å². The largest absolute Gasteiger partial charge is 0.389 e. The molecule has 4 nitrogen and oxygen atoms in total. The van der Waals surface area contributed by atoms with Crippen molar-refractivity contribution in [3.63, 3.8) is 0 Å². The molecule has 0 aromatic carbocycles. The highest BCUT2D eigenvalue weighted by molar-refractivity contribution is 7.19. The van der Waals surface area contributed by atoms with Crippen LogP contribution >= 0.6 is 22.9 Å². The van der Waals surface area contributed by atoms with Gasteiger partial charge >= 0.3 is 0 Å². The minimum absolute atomic E-state index is 0.173. The second-order valence-corrected chi connectivity index (χ2v) is 7.78. The van der Waals surface area contributed by atoms with Crippen LogP contribution in [-0.2, 0) is 6.54 Å². The summed E-state index contributed by atoms with van der Waals surface area (Å²) in [6, 6.07) is 3.99. The predicted octanol–water partition coefficient (Wildman–Crippen LogP) is 3.79. The highest BCUT2D eigenvalue weighted by Gasteiger charge is 2.36. The summed E-state index contributed by atoms with van der Waals surface area (Å²) < 4.78 is 6.15. The first kappa shape index (κ1) is 15.0. The second kappa shape index (κ2) is 5.72. The minimum Gasteiger partial charge on any atom is -0.389 e. The van der Waals surface area contributed by atoms with E-state index in [0.717, 1.165) is 46.5 Å². The van der Waals surface area contributed by atoms with Gasteiger partial charge in [-0.15, -0.1) is 11.3 Å². The van der Waals surface area contributed by atoms with Crippen LogP contribution in [0.25, 0.3) is 10.6 Å². The van der Waals surface area contributed by atoms with E-state index in [1.807, 2.05) is 26.0 Å². The molecule has 6 heteroatoms. The molecule has 3 rings (SSSR count). The molecule has 1 N–H and O–H groups in total. The molecular weight excluding hydrogens is 308 g/mol. The number of nitrogens with zero attached hydrogens (tertiary/aromatic N) is 2. The van der Waals surface area contributed by atoms with E-state index in [9.17, 15) is 5.11 Å². The molecule has 0 aliphatic carbocycles. The fraction of sp³-hybridized carbons (Fsp3) is 0.533. The number of aliphatic hydroxyl groups is 1. The highest BCUT2D eigenvalue weighted by Crippen LogP contribution is 2.35. The Kier molecular flexibility index (Phi) is 4.10. The minimum atomic E-state index is -0.694. The van der Waals surface area contributed by atoms with Crippen LogP contribution in [0.1, 0.15) is 32.3 Å². The maximum atomic E-state index is 10.3. The second-order valence-electron chi connectivity index (χ2n) is 6.07. The van der Waals surface area contributed by atoms with Crippen LogP contribution in [0.3, 0.4) is 0 Å². The summed E-state index contributed by atoms with van der Waals surface area (Å²) in [6.07, 6.45) is 3.90. The molecule has 1 fully saturated rings. The molecule has 0 amide bonds. The van der Waals surface area contributed by atoms with Crippen LogP contribution in [0, 0.1) is 0 Å². The maximum absolute atomic E-state index is 10.3. The van der Waals surface area contributed by atoms with Gasteiger partial charge in [-0.3, -0.25) is 4.90 Å². The van der Waals surface area contributed by atoms with Gasteiger partial charge in [-0.1, -0.05) is 16.8 Å². The van der Waals surface area contributed by atoms with E-state index in [2.05, 4.69) is 10.1 Å². The van der Waals surface area contributed by atoms with Gasteiger partial charge in [0.15, 0.2) is 5.76 Å². The zero-order valence-corrected chi connectivity index (χ0v) is 13.7. The Balaban J connectivity index is 1.81. The van der Waals surface area contributed by atoms with Crippen molar-refractivity contribution in [1.29, 1.82) is 0 Å². The van der Waals surface area contributed by atoms with E-state index in [1.54, 1.807) is 6.20 Å². The van der Waals surface area contributed by atoms with E-state index in [4.69, 9.17) is 16.1 Å². The number of rotatable bonds is 4. The Morgan fingerprint density at radius 3 is 3.00 bits per heavy atom. The molecule has 0 radical (unpaired) electrons. The number of likely N-dealkylation sites (tertiary alicyclic amines) is 1. The van der Waals surface area contributed by atoms with Crippen molar-refractivity contribution in [3.8, 4) is 10.6 Å². The first-order chi connectivity index (χ1) is 9.95. The number of hydrogen-bond acceptors (Lipinski definition) is 5. The monoisotopic (exact) mass is 326 g/mol. The van der Waals surface area contributed by atoms with Crippen LogP contribution in [0.2, 0.25) is 4.34 Å². The first-order valence-electron chi connectivity index (χ1n) is 7.11. The molecule has 0 saturated carbocycles. The summed E-state index contributed by atoms with van der Waals surface area (Å²) in [5, 5.41) is 14.2. The predicted molar refractivity (Wildman–Crippen MR) is 84.6 cm³/mol. The lowest BCUT2D eigenvalue weighted by Gasteiger charge is -2.33. The Labute approximate surface area is 133 Å². The molecule has 0 bridgehead atoms. The quantitative estimate of drug-likeness (QED) is 0.928. The summed E-state index contributed by atoms with van der Waals surface area (Å²) in [7, 11) is 0. The Bertz CT molecular complexity index is 617. The zero-order valence-electron chi connectivity index (χ0n) is 12.2. The lowest BCUT2D eigenvalue weighted by Crippen LogP contribution is -2.45. The molecular formula is C15H19ClN2O2S. The van der Waals surface area contributed by atoms with E-state index in [-0.39, 0.29) is 6.04 Å². The molecule has 1 saturated heterocycles. The molecule has 3 heterocycles. The average Bonchev–Trinajstić information content (AvgIpc) is 3.08. The Hall–Kier alpha value is -0.880. The fourth-order valence-corrected chi connectivity index (χ4v) is 4.10. The standard InChI is InChI=1S/C15H19ClN2O2S/c1-15(2,19)12-4-3-7-18(12)9-10-8-17-20-14(10)11-5-6-13(16)21-11/h5-6,8,12,19H,3-4,7,9H2,1-2H3. The number of hydrogen-bond donors (Lipinski definition) is 1. The average molecular weight is 327 g/mol. The van der Waals surface area contributed by atoms with Gasteiger partial charge in [-0.2, -0.15) is 0 Å². The zero-order chi connectivity index (χ0) is 15.0. The van der Waals surface area contributed by atoms with Crippen molar-refractivity contribution >= 4 is 22.9 Å². The molecule has 2 aromatic rings. The van der Waals surface area contributed by atoms with Crippen molar-refractivity contribution in [2.45, 2.75) is 44.9 Å². The van der Waals surface area contributed by atoms with Crippen LogP contribution in [-0.4, -0.2) is 33.4 Å². The van der Waals surface area contributed by atoms with Gasteiger partial charge in [0.05, 0.1) is 21.0 Å². The number of aromatic nitrogens is 1. The van der Waals surface area contributed by atoms with E-state index in [1.165, 1.54) is 11.3 Å². The molecule has 114 valence electrons. The van der Waals surface area contributed by atoms with Gasteiger partial charge in [0.25, 0.3) is 0 Å². The van der Waals surface area contributed by atoms with E-state index >= 15 is 0 Å². The van der Waals surface area contributed by atoms with Gasteiger partial charge in [-0.05, 0) is 45.4 Å². The maximum Gasteiger partial charge on any atom is 0.181 e. The highest BCUT2D eigenvalue weighted by atomic mass is 35.5. The summed E-state index contributed by atoms with van der Waals surface area (Å²) in [5.41, 5.74) is 0.352. The van der Waals surface area contributed by atoms with Crippen molar-refractivity contribution in [2.75, 3.05) is 6.54 Å². The Morgan fingerprint density at radius 1 is 1.52 bits per heavy atom. The SMILES string of the molecule is CC(C)(O)C1CCCN1Cc1cnoc1-c1ccc(Cl)s1. The number of thiophene rings is 1. The smallest absolute Gasteiger partial charge is 0.181 e. The van der Waals surface area contributed by atoms with E-state index < -0.39 is 5.60 Å². The van der Waals surface area contributed by atoms with Crippen molar-refractivity contribution in [3.05, 3.63) is 28.2 Å². The molecule has 21 heavy (non-hydrogen) atoms. The summed E-state index contributed by atoms with van der Waals surface area (Å²) in [5.74, 6) is 0.785. The third kappa shape index (κ3) is 3.16. The molecule has 1 unspecified atom stereocenters. The lowest BCUT2D eigenvalue weighted by atomic mass is 9.96. The summed E-state index contributed by atoms with van der Waals surface area (Å²) in [4.78, 5) is 3.30. The summed E-state index contributed by atoms with van der Waals surface area (Å²) >= 11 is 7.48. The van der Waals surface area contributed by atoms with Crippen LogP contribution < -0.4 is 0 Å². The third-order valence-electron chi connectivity index (χ3n) is 3.99. The third-order valence-corrected chi connectivity index (χ3v) is 5.22. The normalized spacial score (nSPS) is 20.3. The van der Waals surface area contributed by atoms with Gasteiger partial charge in [0.2, 0.25) is 0 Å².